The van der Waals surface area contributed by atoms with Crippen LogP contribution in [0.5, 0.6) is 5.75 Å². The van der Waals surface area contributed by atoms with Gasteiger partial charge in [-0.25, -0.2) is 0 Å². The lowest BCUT2D eigenvalue weighted by molar-refractivity contribution is -0.384. The van der Waals surface area contributed by atoms with Crippen LogP contribution in [0.4, 0.5) is 17.1 Å². The van der Waals surface area contributed by atoms with Gasteiger partial charge in [0.2, 0.25) is 0 Å². The van der Waals surface area contributed by atoms with Gasteiger partial charge in [-0.1, -0.05) is 60.7 Å². The van der Waals surface area contributed by atoms with E-state index in [0.29, 0.717) is 11.4 Å². The highest BCUT2D eigenvalue weighted by Crippen LogP contribution is 2.27. The Morgan fingerprint density at radius 2 is 1.44 bits per heavy atom. The van der Waals surface area contributed by atoms with Crippen LogP contribution < -0.4 is 20.5 Å². The van der Waals surface area contributed by atoms with E-state index in [-0.39, 0.29) is 12.6 Å². The molecule has 0 aliphatic carbocycles. The lowest BCUT2D eigenvalue weighted by Crippen LogP contribution is -2.47. The molecule has 0 saturated heterocycles. The predicted molar refractivity (Wildman–Crippen MR) is 149 cm³/mol. The summed E-state index contributed by atoms with van der Waals surface area (Å²) in [5.41, 5.74) is 4.66. The van der Waals surface area contributed by atoms with Crippen LogP contribution in [0.1, 0.15) is 19.4 Å². The molecule has 0 aliphatic heterocycles. The molecule has 36 heavy (non-hydrogen) atoms. The first-order valence-electron chi connectivity index (χ1n) is 12.0. The number of aliphatic imine (C=N–C) groups is 1. The summed E-state index contributed by atoms with van der Waals surface area (Å²) in [6.45, 7) is 5.72. The molecule has 0 N–H and O–H groups in total. The Balaban J connectivity index is 1.74. The molecule has 0 amide bonds. The number of nitro benzene ring substituents is 1. The number of nitrogens with zero attached hydrogens (tertiary/aromatic N) is 3. The van der Waals surface area contributed by atoms with Gasteiger partial charge in [-0.3, -0.25) is 15.1 Å². The zero-order valence-corrected chi connectivity index (χ0v) is 20.5. The molecule has 0 spiro atoms. The molecule has 4 aromatic rings. The molecule has 0 radical (unpaired) electrons. The summed E-state index contributed by atoms with van der Waals surface area (Å²) < 4.78 is 6.73. The van der Waals surface area contributed by atoms with Crippen molar-refractivity contribution in [3.8, 4) is 5.75 Å². The van der Waals surface area contributed by atoms with Crippen molar-refractivity contribution in [2.45, 2.75) is 13.8 Å². The number of hydrogen-bond acceptors (Lipinski definition) is 5. The van der Waals surface area contributed by atoms with Crippen molar-refractivity contribution in [1.29, 1.82) is 0 Å². The fourth-order valence-electron chi connectivity index (χ4n) is 4.03. The summed E-state index contributed by atoms with van der Waals surface area (Å²) in [7, 11) is 0. The second kappa shape index (κ2) is 11.8. The van der Waals surface area contributed by atoms with Crippen molar-refractivity contribution >= 4 is 41.1 Å². The highest BCUT2D eigenvalue weighted by atomic mass is 16.6. The van der Waals surface area contributed by atoms with Gasteiger partial charge in [-0.05, 0) is 49.0 Å². The minimum atomic E-state index is -0.418. The topological polar surface area (TPSA) is 68.0 Å². The van der Waals surface area contributed by atoms with Crippen molar-refractivity contribution in [3.63, 3.8) is 0 Å². The average Bonchev–Trinajstić information content (AvgIpc) is 2.93. The first-order chi connectivity index (χ1) is 17.6. The van der Waals surface area contributed by atoms with Crippen molar-refractivity contribution in [1.82, 2.24) is 0 Å². The third-order valence-corrected chi connectivity index (χ3v) is 5.99. The van der Waals surface area contributed by atoms with Gasteiger partial charge in [0.25, 0.3) is 5.69 Å². The summed E-state index contributed by atoms with van der Waals surface area (Å²) >= 11 is 0. The Labute approximate surface area is 212 Å². The van der Waals surface area contributed by atoms with E-state index in [9.17, 15) is 10.1 Å². The maximum atomic E-state index is 11.0. The van der Waals surface area contributed by atoms with Crippen LogP contribution in [0.15, 0.2) is 108 Å². The lowest BCUT2D eigenvalue weighted by Gasteiger charge is -2.24. The van der Waals surface area contributed by atoms with Gasteiger partial charge >= 0.3 is 6.92 Å². The fraction of sp³-hybridized carbons (Fsp3) is 0.138. The number of non-ortho nitro benzene ring substituents is 1. The summed E-state index contributed by atoms with van der Waals surface area (Å²) in [6.07, 6.45) is 1.75. The van der Waals surface area contributed by atoms with E-state index < -0.39 is 4.92 Å². The van der Waals surface area contributed by atoms with Gasteiger partial charge in [-0.15, -0.1) is 0 Å². The van der Waals surface area contributed by atoms with E-state index in [1.165, 1.54) is 12.1 Å². The molecule has 0 heterocycles. The van der Waals surface area contributed by atoms with E-state index in [1.807, 2.05) is 42.5 Å². The van der Waals surface area contributed by atoms with Crippen LogP contribution >= 0.6 is 0 Å². The largest absolute Gasteiger partial charge is 0.551 e. The van der Waals surface area contributed by atoms with Crippen LogP contribution in [0, 0.1) is 10.1 Å². The molecule has 0 saturated carbocycles. The van der Waals surface area contributed by atoms with Gasteiger partial charge < -0.3 is 9.55 Å². The van der Waals surface area contributed by atoms with Crippen LogP contribution in [0.3, 0.4) is 0 Å². The highest BCUT2D eigenvalue weighted by Gasteiger charge is 2.24. The summed E-state index contributed by atoms with van der Waals surface area (Å²) in [4.78, 5) is 17.4. The average molecular weight is 477 g/mol. The van der Waals surface area contributed by atoms with E-state index in [1.54, 1.807) is 18.3 Å². The third kappa shape index (κ3) is 5.99. The molecule has 6 nitrogen and oxygen atoms in total. The van der Waals surface area contributed by atoms with E-state index >= 15 is 0 Å². The first-order valence-corrected chi connectivity index (χ1v) is 12.0. The van der Waals surface area contributed by atoms with Crippen LogP contribution in [-0.2, 0) is 0 Å². The van der Waals surface area contributed by atoms with Crippen LogP contribution in [-0.4, -0.2) is 31.1 Å². The number of benzene rings is 4. The molecule has 0 unspecified atom stereocenters. The monoisotopic (exact) mass is 477 g/mol. The lowest BCUT2D eigenvalue weighted by atomic mass is 9.55. The first kappa shape index (κ1) is 24.7. The summed E-state index contributed by atoms with van der Waals surface area (Å²) in [5, 5.41) is 11.0. The maximum absolute atomic E-state index is 11.0. The molecule has 0 atom stereocenters. The van der Waals surface area contributed by atoms with Crippen LogP contribution in [0.25, 0.3) is 0 Å². The van der Waals surface area contributed by atoms with Crippen molar-refractivity contribution in [2.24, 2.45) is 4.99 Å². The normalized spacial score (nSPS) is 10.8. The molecular weight excluding hydrogens is 449 g/mol. The molecule has 0 aliphatic rings. The molecule has 4 aromatic carbocycles. The number of rotatable bonds is 10. The standard InChI is InChI=1S/C29H28BN3O3/c1-3-32(4-2)28-18-15-23(22-31-26-16-19-27(20-17-26)33(34)35)29(21-28)36-30(24-11-7-5-8-12-24)25-13-9-6-10-14-25/h5-22H,3-4H2,1-2H3. The Morgan fingerprint density at radius 1 is 0.861 bits per heavy atom. The predicted octanol–water partition coefficient (Wildman–Crippen LogP) is 5.38. The third-order valence-electron chi connectivity index (χ3n) is 5.99. The smallest absolute Gasteiger partial charge is 0.426 e. The quantitative estimate of drug-likeness (QED) is 0.133. The van der Waals surface area contributed by atoms with Crippen molar-refractivity contribution in [3.05, 3.63) is 119 Å². The molecule has 0 aromatic heterocycles. The Hall–Kier alpha value is -4.39. The van der Waals surface area contributed by atoms with Crippen LogP contribution in [0.2, 0.25) is 0 Å². The zero-order valence-electron chi connectivity index (χ0n) is 20.5. The SMILES string of the molecule is CCN(CC)c1ccc(C=Nc2ccc([N+](=O)[O-])cc2)c(OB(c2ccccc2)c2ccccc2)c1. The van der Waals surface area contributed by atoms with Gasteiger partial charge in [0.15, 0.2) is 0 Å². The minimum Gasteiger partial charge on any atom is -0.551 e. The maximum Gasteiger partial charge on any atom is 0.426 e. The Bertz CT molecular complexity index is 1270. The van der Waals surface area contributed by atoms with Crippen molar-refractivity contribution < 1.29 is 9.58 Å². The molecule has 4 rings (SSSR count). The second-order valence-corrected chi connectivity index (χ2v) is 8.25. The molecule has 0 bridgehead atoms. The van der Waals surface area contributed by atoms with Gasteiger partial charge in [-0.2, -0.15) is 0 Å². The Kier molecular flexibility index (Phi) is 8.14. The van der Waals surface area contributed by atoms with E-state index in [0.717, 1.165) is 35.3 Å². The van der Waals surface area contributed by atoms with Gasteiger partial charge in [0.1, 0.15) is 5.75 Å². The minimum absolute atomic E-state index is 0.0371. The van der Waals surface area contributed by atoms with Gasteiger partial charge in [0, 0.05) is 48.8 Å². The molecule has 7 heteroatoms. The molecule has 0 fully saturated rings. The molecule has 180 valence electrons. The number of hydrogen-bond donors (Lipinski definition) is 0. The zero-order chi connectivity index (χ0) is 25.3. The highest BCUT2D eigenvalue weighted by molar-refractivity contribution is 6.80. The summed E-state index contributed by atoms with van der Waals surface area (Å²) in [5.74, 6) is 0.711. The van der Waals surface area contributed by atoms with E-state index in [2.05, 4.69) is 60.1 Å². The van der Waals surface area contributed by atoms with E-state index in [4.69, 9.17) is 4.65 Å². The Morgan fingerprint density at radius 3 is 1.97 bits per heavy atom. The fourth-order valence-corrected chi connectivity index (χ4v) is 4.03. The number of anilines is 1. The number of nitro groups is 1. The molecular formula is C29H28BN3O3. The van der Waals surface area contributed by atoms with Gasteiger partial charge in [0.05, 0.1) is 10.6 Å². The van der Waals surface area contributed by atoms with Crippen molar-refractivity contribution in [2.75, 3.05) is 18.0 Å². The second-order valence-electron chi connectivity index (χ2n) is 8.25. The summed E-state index contributed by atoms with van der Waals surface area (Å²) in [6, 6.07) is 32.6.